The van der Waals surface area contributed by atoms with E-state index in [2.05, 4.69) is 4.98 Å². The number of pyridine rings is 1. The van der Waals surface area contributed by atoms with E-state index in [4.69, 9.17) is 21.1 Å². The summed E-state index contributed by atoms with van der Waals surface area (Å²) in [5.74, 6) is 1.02. The molecule has 1 unspecified atom stereocenters. The molecule has 4 rings (SSSR count). The van der Waals surface area contributed by atoms with Gasteiger partial charge in [0.05, 0.1) is 19.1 Å². The number of carbonyl (C=O) groups is 1. The molecule has 2 aliphatic rings. The van der Waals surface area contributed by atoms with Gasteiger partial charge in [-0.05, 0) is 43.2 Å². The van der Waals surface area contributed by atoms with Gasteiger partial charge in [-0.1, -0.05) is 11.6 Å². The quantitative estimate of drug-likeness (QED) is 0.796. The Morgan fingerprint density at radius 2 is 2.17 bits per heavy atom. The number of aromatic nitrogens is 1. The zero-order valence-electron chi connectivity index (χ0n) is 13.3. The lowest BCUT2D eigenvalue weighted by Crippen LogP contribution is -2.42. The first kappa shape index (κ1) is 15.3. The van der Waals surface area contributed by atoms with Crippen molar-refractivity contribution in [2.75, 3.05) is 24.7 Å². The number of rotatable bonds is 1. The zero-order chi connectivity index (χ0) is 16.7. The number of hydrogen-bond acceptors (Lipinski definition) is 4. The van der Waals surface area contributed by atoms with E-state index >= 15 is 0 Å². The van der Waals surface area contributed by atoms with Crippen molar-refractivity contribution >= 4 is 23.2 Å². The molecule has 1 aromatic heterocycles. The molecule has 2 aromatic rings. The van der Waals surface area contributed by atoms with Crippen molar-refractivity contribution in [3.63, 3.8) is 0 Å². The van der Waals surface area contributed by atoms with Crippen LogP contribution in [-0.4, -0.2) is 30.6 Å². The Hall–Kier alpha value is -2.27. The fraction of sp³-hybridized carbons (Fsp3) is 0.333. The zero-order valence-corrected chi connectivity index (χ0v) is 14.0. The summed E-state index contributed by atoms with van der Waals surface area (Å²) in [7, 11) is 0. The number of ether oxygens (including phenoxy) is 2. The predicted molar refractivity (Wildman–Crippen MR) is 91.1 cm³/mol. The highest BCUT2D eigenvalue weighted by Gasteiger charge is 2.34. The van der Waals surface area contributed by atoms with E-state index < -0.39 is 0 Å². The van der Waals surface area contributed by atoms with Crippen molar-refractivity contribution in [1.82, 2.24) is 4.98 Å². The van der Waals surface area contributed by atoms with Crippen molar-refractivity contribution < 1.29 is 14.3 Å². The average molecular weight is 345 g/mol. The molecule has 3 heterocycles. The maximum atomic E-state index is 13.2. The number of carbonyl (C=O) groups excluding carboxylic acids is 1. The summed E-state index contributed by atoms with van der Waals surface area (Å²) in [6.45, 7) is 3.44. The monoisotopic (exact) mass is 344 g/mol. The van der Waals surface area contributed by atoms with E-state index in [1.807, 2.05) is 25.1 Å². The first-order valence-electron chi connectivity index (χ1n) is 7.96. The van der Waals surface area contributed by atoms with Gasteiger partial charge in [0, 0.05) is 16.8 Å². The number of benzene rings is 1. The van der Waals surface area contributed by atoms with Gasteiger partial charge in [0.2, 0.25) is 11.8 Å². The van der Waals surface area contributed by atoms with Gasteiger partial charge in [-0.2, -0.15) is 0 Å². The molecule has 0 saturated heterocycles. The molecule has 0 radical (unpaired) electrons. The van der Waals surface area contributed by atoms with Crippen molar-refractivity contribution in [1.29, 1.82) is 0 Å². The SMILES string of the molecule is Cc1cnc2c(c1)N(C(=O)C1CCOc3ccc(Cl)cc31)CCO2. The van der Waals surface area contributed by atoms with Crippen LogP contribution in [-0.2, 0) is 4.79 Å². The number of anilines is 1. The third kappa shape index (κ3) is 2.59. The summed E-state index contributed by atoms with van der Waals surface area (Å²) >= 11 is 6.12. The summed E-state index contributed by atoms with van der Waals surface area (Å²) in [4.78, 5) is 19.3. The second kappa shape index (κ2) is 5.98. The summed E-state index contributed by atoms with van der Waals surface area (Å²) in [6, 6.07) is 7.38. The summed E-state index contributed by atoms with van der Waals surface area (Å²) < 4.78 is 11.3. The van der Waals surface area contributed by atoms with Gasteiger partial charge < -0.3 is 14.4 Å². The van der Waals surface area contributed by atoms with E-state index in [1.54, 1.807) is 17.2 Å². The molecule has 1 aromatic carbocycles. The number of fused-ring (bicyclic) bond motifs is 2. The summed E-state index contributed by atoms with van der Waals surface area (Å²) in [5, 5.41) is 0.608. The molecule has 124 valence electrons. The average Bonchev–Trinajstić information content (AvgIpc) is 2.60. The Bertz CT molecular complexity index is 743. The van der Waals surface area contributed by atoms with Crippen LogP contribution in [0.2, 0.25) is 5.02 Å². The lowest BCUT2D eigenvalue weighted by molar-refractivity contribution is -0.120. The van der Waals surface area contributed by atoms with Crippen LogP contribution < -0.4 is 14.4 Å². The minimum atomic E-state index is -0.265. The fourth-order valence-electron chi connectivity index (χ4n) is 3.24. The minimum absolute atomic E-state index is 0.0405. The number of halogens is 1. The molecular formula is C18H17ClN2O3. The molecule has 1 amide bonds. The smallest absolute Gasteiger partial charge is 0.238 e. The Morgan fingerprint density at radius 3 is 3.04 bits per heavy atom. The largest absolute Gasteiger partial charge is 0.493 e. The first-order valence-corrected chi connectivity index (χ1v) is 8.34. The molecule has 5 nitrogen and oxygen atoms in total. The van der Waals surface area contributed by atoms with Crippen LogP contribution in [0.5, 0.6) is 11.6 Å². The summed E-state index contributed by atoms with van der Waals surface area (Å²) in [6.07, 6.45) is 2.38. The van der Waals surface area contributed by atoms with Crippen LogP contribution in [0.25, 0.3) is 0 Å². The molecule has 1 atom stereocenters. The lowest BCUT2D eigenvalue weighted by Gasteiger charge is -2.33. The lowest BCUT2D eigenvalue weighted by atomic mass is 9.91. The van der Waals surface area contributed by atoms with E-state index in [0.717, 1.165) is 22.6 Å². The molecular weight excluding hydrogens is 328 g/mol. The van der Waals surface area contributed by atoms with Crippen LogP contribution in [0.4, 0.5) is 5.69 Å². The van der Waals surface area contributed by atoms with E-state index in [9.17, 15) is 4.79 Å². The first-order chi connectivity index (χ1) is 11.6. The molecule has 2 aliphatic heterocycles. The molecule has 0 bridgehead atoms. The van der Waals surface area contributed by atoms with E-state index in [-0.39, 0.29) is 11.8 Å². The highest BCUT2D eigenvalue weighted by Crippen LogP contribution is 2.39. The molecule has 24 heavy (non-hydrogen) atoms. The van der Waals surface area contributed by atoms with Gasteiger partial charge in [0.1, 0.15) is 18.0 Å². The Balaban J connectivity index is 1.72. The second-order valence-electron chi connectivity index (χ2n) is 6.05. The molecule has 6 heteroatoms. The van der Waals surface area contributed by atoms with Gasteiger partial charge in [0.15, 0.2) is 0 Å². The van der Waals surface area contributed by atoms with Crippen LogP contribution >= 0.6 is 11.6 Å². The molecule has 0 fully saturated rings. The maximum absolute atomic E-state index is 13.2. The maximum Gasteiger partial charge on any atom is 0.238 e. The number of nitrogens with zero attached hydrogens (tertiary/aromatic N) is 2. The van der Waals surface area contributed by atoms with Crippen molar-refractivity contribution in [2.24, 2.45) is 0 Å². The van der Waals surface area contributed by atoms with Crippen LogP contribution in [0.3, 0.4) is 0 Å². The molecule has 0 spiro atoms. The van der Waals surface area contributed by atoms with Gasteiger partial charge in [-0.3, -0.25) is 4.79 Å². The van der Waals surface area contributed by atoms with E-state index in [0.29, 0.717) is 37.1 Å². The molecule has 0 aliphatic carbocycles. The predicted octanol–water partition coefficient (Wildman–Crippen LogP) is 3.34. The van der Waals surface area contributed by atoms with Crippen molar-refractivity contribution in [2.45, 2.75) is 19.3 Å². The highest BCUT2D eigenvalue weighted by molar-refractivity contribution is 6.30. The molecule has 0 N–H and O–H groups in total. The second-order valence-corrected chi connectivity index (χ2v) is 6.48. The van der Waals surface area contributed by atoms with Gasteiger partial charge >= 0.3 is 0 Å². The Labute approximate surface area is 145 Å². The van der Waals surface area contributed by atoms with Gasteiger partial charge in [-0.25, -0.2) is 4.98 Å². The number of hydrogen-bond donors (Lipinski definition) is 0. The van der Waals surface area contributed by atoms with Crippen LogP contribution in [0.15, 0.2) is 30.5 Å². The van der Waals surface area contributed by atoms with Crippen LogP contribution in [0.1, 0.15) is 23.5 Å². The number of aryl methyl sites for hydroxylation is 1. The van der Waals surface area contributed by atoms with Crippen molar-refractivity contribution in [3.05, 3.63) is 46.6 Å². The van der Waals surface area contributed by atoms with Crippen molar-refractivity contribution in [3.8, 4) is 11.6 Å². The van der Waals surface area contributed by atoms with Gasteiger partial charge in [0.25, 0.3) is 0 Å². The standard InChI is InChI=1S/C18H17ClN2O3/c1-11-8-15-17(20-10-11)24-7-5-21(15)18(22)13-4-6-23-16-3-2-12(19)9-14(13)16/h2-3,8-10,13H,4-7H2,1H3. The minimum Gasteiger partial charge on any atom is -0.493 e. The summed E-state index contributed by atoms with van der Waals surface area (Å²) in [5.41, 5.74) is 2.58. The van der Waals surface area contributed by atoms with E-state index in [1.165, 1.54) is 0 Å². The Morgan fingerprint density at radius 1 is 1.29 bits per heavy atom. The Kier molecular flexibility index (Phi) is 3.81. The highest BCUT2D eigenvalue weighted by atomic mass is 35.5. The van der Waals surface area contributed by atoms with Crippen LogP contribution in [0, 0.1) is 6.92 Å². The fourth-order valence-corrected chi connectivity index (χ4v) is 3.42. The third-order valence-electron chi connectivity index (χ3n) is 4.39. The number of amides is 1. The van der Waals surface area contributed by atoms with Gasteiger partial charge in [-0.15, -0.1) is 0 Å². The molecule has 0 saturated carbocycles. The topological polar surface area (TPSA) is 51.7 Å². The third-order valence-corrected chi connectivity index (χ3v) is 4.62. The normalized spacial score (nSPS) is 18.9.